The summed E-state index contributed by atoms with van der Waals surface area (Å²) in [5.41, 5.74) is 0. The largest absolute Gasteiger partial charge is 0.373 e. The summed E-state index contributed by atoms with van der Waals surface area (Å²) in [4.78, 5) is 1.14. The first-order valence-corrected chi connectivity index (χ1v) is 9.48. The molecule has 0 amide bonds. The maximum absolute atomic E-state index is 12.2. The maximum atomic E-state index is 12.2. The summed E-state index contributed by atoms with van der Waals surface area (Å²) in [5.74, 6) is 0.707. The molecule has 0 aliphatic carbocycles. The Bertz CT molecular complexity index is 526. The number of rotatable bonds is 6. The van der Waals surface area contributed by atoms with Gasteiger partial charge in [-0.25, -0.2) is 4.72 Å². The van der Waals surface area contributed by atoms with Gasteiger partial charge in [-0.3, -0.25) is 0 Å². The fraction of sp³-hybridized carbons (Fsp3) is 0.571. The molecule has 0 radical (unpaired) electrons. The van der Waals surface area contributed by atoms with Crippen LogP contribution in [0.3, 0.4) is 0 Å². The van der Waals surface area contributed by atoms with Crippen molar-refractivity contribution in [3.8, 4) is 0 Å². The van der Waals surface area contributed by atoms with Gasteiger partial charge in [0.25, 0.3) is 10.2 Å². The van der Waals surface area contributed by atoms with Gasteiger partial charge in [-0.1, -0.05) is 18.2 Å². The Morgan fingerprint density at radius 1 is 1.24 bits per heavy atom. The molecule has 2 rings (SSSR count). The summed E-state index contributed by atoms with van der Waals surface area (Å²) >= 11 is 1.64. The lowest BCUT2D eigenvalue weighted by molar-refractivity contribution is -0.0443. The average Bonchev–Trinajstić information content (AvgIpc) is 2.44. The molecule has 2 unspecified atom stereocenters. The Morgan fingerprint density at radius 3 is 2.48 bits per heavy atom. The monoisotopic (exact) mass is 330 g/mol. The number of benzene rings is 1. The molecule has 0 bridgehead atoms. The third-order valence-corrected chi connectivity index (χ3v) is 5.69. The number of thioether (sulfide) groups is 1. The van der Waals surface area contributed by atoms with Gasteiger partial charge in [0.05, 0.1) is 12.2 Å². The van der Waals surface area contributed by atoms with Crippen molar-refractivity contribution in [2.24, 2.45) is 0 Å². The smallest absolute Gasteiger partial charge is 0.279 e. The van der Waals surface area contributed by atoms with E-state index in [9.17, 15) is 8.42 Å². The summed E-state index contributed by atoms with van der Waals surface area (Å²) in [5, 5.41) is 0. The quantitative estimate of drug-likeness (QED) is 0.637. The van der Waals surface area contributed by atoms with Gasteiger partial charge in [0.2, 0.25) is 0 Å². The van der Waals surface area contributed by atoms with Crippen molar-refractivity contribution >= 4 is 22.0 Å². The van der Waals surface area contributed by atoms with Crippen LogP contribution < -0.4 is 4.72 Å². The molecule has 5 nitrogen and oxygen atoms in total. The minimum absolute atomic E-state index is 0.0657. The third kappa shape index (κ3) is 5.27. The van der Waals surface area contributed by atoms with Crippen LogP contribution in [-0.2, 0) is 14.9 Å². The van der Waals surface area contributed by atoms with Gasteiger partial charge in [0, 0.05) is 30.3 Å². The van der Waals surface area contributed by atoms with Gasteiger partial charge < -0.3 is 4.74 Å². The Kier molecular flexibility index (Phi) is 6.07. The number of ether oxygens (including phenoxy) is 1. The lowest BCUT2D eigenvalue weighted by Crippen LogP contribution is -2.52. The van der Waals surface area contributed by atoms with E-state index in [0.29, 0.717) is 25.4 Å². The lowest BCUT2D eigenvalue weighted by Gasteiger charge is -2.34. The van der Waals surface area contributed by atoms with Crippen LogP contribution in [-0.4, -0.2) is 50.3 Å². The second kappa shape index (κ2) is 7.60. The molecular weight excluding hydrogens is 308 g/mol. The van der Waals surface area contributed by atoms with Crippen molar-refractivity contribution in [1.82, 2.24) is 9.03 Å². The van der Waals surface area contributed by atoms with Crippen LogP contribution in [0.25, 0.3) is 0 Å². The van der Waals surface area contributed by atoms with E-state index in [4.69, 9.17) is 4.74 Å². The SMILES string of the molecule is CC1CN(S(=O)(=O)NCCSc2ccccc2)CC(C)O1. The summed E-state index contributed by atoms with van der Waals surface area (Å²) in [6.07, 6.45) is -0.131. The van der Waals surface area contributed by atoms with Gasteiger partial charge in [-0.2, -0.15) is 12.7 Å². The molecule has 1 aliphatic heterocycles. The molecule has 0 aromatic heterocycles. The highest BCUT2D eigenvalue weighted by atomic mass is 32.2. The first kappa shape index (κ1) is 16.8. The second-order valence-electron chi connectivity index (χ2n) is 5.14. The summed E-state index contributed by atoms with van der Waals surface area (Å²) in [6.45, 7) is 5.02. The molecule has 1 aromatic carbocycles. The topological polar surface area (TPSA) is 58.6 Å². The predicted molar refractivity (Wildman–Crippen MR) is 85.7 cm³/mol. The van der Waals surface area contributed by atoms with Crippen LogP contribution in [0.15, 0.2) is 35.2 Å². The number of nitrogens with zero attached hydrogens (tertiary/aromatic N) is 1. The molecule has 1 saturated heterocycles. The normalized spacial score (nSPS) is 24.1. The van der Waals surface area contributed by atoms with E-state index in [2.05, 4.69) is 4.72 Å². The van der Waals surface area contributed by atoms with Crippen molar-refractivity contribution < 1.29 is 13.2 Å². The lowest BCUT2D eigenvalue weighted by atomic mass is 10.3. The van der Waals surface area contributed by atoms with E-state index in [1.54, 1.807) is 11.8 Å². The van der Waals surface area contributed by atoms with E-state index in [-0.39, 0.29) is 12.2 Å². The summed E-state index contributed by atoms with van der Waals surface area (Å²) in [6, 6.07) is 9.95. The van der Waals surface area contributed by atoms with Crippen molar-refractivity contribution in [1.29, 1.82) is 0 Å². The molecule has 0 spiro atoms. The summed E-state index contributed by atoms with van der Waals surface area (Å²) < 4.78 is 34.2. The van der Waals surface area contributed by atoms with Gasteiger partial charge in [-0.15, -0.1) is 11.8 Å². The van der Waals surface area contributed by atoms with Gasteiger partial charge >= 0.3 is 0 Å². The van der Waals surface area contributed by atoms with Crippen molar-refractivity contribution in [2.75, 3.05) is 25.4 Å². The Hall–Kier alpha value is -0.600. The highest BCUT2D eigenvalue weighted by Gasteiger charge is 2.30. The van der Waals surface area contributed by atoms with E-state index < -0.39 is 10.2 Å². The number of nitrogens with one attached hydrogen (secondary N) is 1. The summed E-state index contributed by atoms with van der Waals surface area (Å²) in [7, 11) is -3.41. The van der Waals surface area contributed by atoms with Crippen molar-refractivity contribution in [3.05, 3.63) is 30.3 Å². The van der Waals surface area contributed by atoms with Gasteiger partial charge in [0.1, 0.15) is 0 Å². The van der Waals surface area contributed by atoms with E-state index in [1.165, 1.54) is 4.31 Å². The van der Waals surface area contributed by atoms with Crippen molar-refractivity contribution in [3.63, 3.8) is 0 Å². The van der Waals surface area contributed by atoms with Crippen molar-refractivity contribution in [2.45, 2.75) is 31.0 Å². The van der Waals surface area contributed by atoms with E-state index >= 15 is 0 Å². The van der Waals surface area contributed by atoms with E-state index in [1.807, 2.05) is 44.2 Å². The van der Waals surface area contributed by atoms with Gasteiger partial charge in [-0.05, 0) is 26.0 Å². The van der Waals surface area contributed by atoms with Crippen LogP contribution in [0, 0.1) is 0 Å². The molecule has 1 aromatic rings. The third-order valence-electron chi connectivity index (χ3n) is 3.12. The zero-order valence-electron chi connectivity index (χ0n) is 12.4. The molecule has 21 heavy (non-hydrogen) atoms. The van der Waals surface area contributed by atoms with Crippen LogP contribution in [0.1, 0.15) is 13.8 Å². The Balaban J connectivity index is 1.78. The first-order chi connectivity index (χ1) is 9.97. The van der Waals surface area contributed by atoms with Crippen LogP contribution >= 0.6 is 11.8 Å². The highest BCUT2D eigenvalue weighted by molar-refractivity contribution is 7.99. The van der Waals surface area contributed by atoms with Crippen LogP contribution in [0.4, 0.5) is 0 Å². The molecule has 1 fully saturated rings. The molecule has 0 saturated carbocycles. The molecule has 2 atom stereocenters. The second-order valence-corrected chi connectivity index (χ2v) is 8.06. The minimum atomic E-state index is -3.41. The number of morpholine rings is 1. The molecule has 118 valence electrons. The molecular formula is C14H22N2O3S2. The Morgan fingerprint density at radius 2 is 1.86 bits per heavy atom. The van der Waals surface area contributed by atoms with Crippen LogP contribution in [0.2, 0.25) is 0 Å². The minimum Gasteiger partial charge on any atom is -0.373 e. The van der Waals surface area contributed by atoms with E-state index in [0.717, 1.165) is 4.90 Å². The molecule has 1 aliphatic rings. The van der Waals surface area contributed by atoms with Gasteiger partial charge in [0.15, 0.2) is 0 Å². The standard InChI is InChI=1S/C14H22N2O3S2/c1-12-10-16(11-13(2)19-12)21(17,18)15-8-9-20-14-6-4-3-5-7-14/h3-7,12-13,15H,8-11H2,1-2H3. The average molecular weight is 330 g/mol. The molecule has 1 heterocycles. The fourth-order valence-electron chi connectivity index (χ4n) is 2.27. The molecule has 7 heteroatoms. The maximum Gasteiger partial charge on any atom is 0.279 e. The number of hydrogen-bond acceptors (Lipinski definition) is 4. The first-order valence-electron chi connectivity index (χ1n) is 7.05. The Labute approximate surface area is 131 Å². The zero-order chi connectivity index (χ0) is 15.3. The zero-order valence-corrected chi connectivity index (χ0v) is 14.0. The number of hydrogen-bond donors (Lipinski definition) is 1. The molecule has 1 N–H and O–H groups in total. The fourth-order valence-corrected chi connectivity index (χ4v) is 4.55. The highest BCUT2D eigenvalue weighted by Crippen LogP contribution is 2.17. The predicted octanol–water partition coefficient (Wildman–Crippen LogP) is 1.72. The van der Waals surface area contributed by atoms with Crippen LogP contribution in [0.5, 0.6) is 0 Å².